The van der Waals surface area contributed by atoms with Gasteiger partial charge >= 0.3 is 0 Å². The van der Waals surface area contributed by atoms with Gasteiger partial charge in [0, 0.05) is 6.04 Å². The second kappa shape index (κ2) is 11.1. The number of furan rings is 1. The highest BCUT2D eigenvalue weighted by atomic mass is 16.5. The highest BCUT2D eigenvalue weighted by Crippen LogP contribution is 2.37. The molecule has 0 spiro atoms. The maximum Gasteiger partial charge on any atom is 0.287 e. The molecule has 1 aromatic heterocycles. The van der Waals surface area contributed by atoms with Gasteiger partial charge in [0.1, 0.15) is 11.5 Å². The van der Waals surface area contributed by atoms with Gasteiger partial charge in [-0.1, -0.05) is 40.7 Å². The fourth-order valence-corrected chi connectivity index (χ4v) is 4.11. The number of amides is 2. The lowest BCUT2D eigenvalue weighted by atomic mass is 9.86. The summed E-state index contributed by atoms with van der Waals surface area (Å²) in [5, 5.41) is 3.02. The molecule has 1 atom stereocenters. The predicted molar refractivity (Wildman–Crippen MR) is 134 cm³/mol. The lowest BCUT2D eigenvalue weighted by Gasteiger charge is -2.31. The zero-order valence-corrected chi connectivity index (χ0v) is 21.4. The van der Waals surface area contributed by atoms with E-state index in [1.807, 2.05) is 25.1 Å². The zero-order valence-electron chi connectivity index (χ0n) is 21.4. The van der Waals surface area contributed by atoms with Crippen molar-refractivity contribution in [2.75, 3.05) is 31.1 Å². The minimum atomic E-state index is -0.231. The van der Waals surface area contributed by atoms with E-state index in [1.54, 1.807) is 17.0 Å². The Kier molecular flexibility index (Phi) is 8.42. The van der Waals surface area contributed by atoms with Gasteiger partial charge in [-0.2, -0.15) is 0 Å². The Morgan fingerprint density at radius 1 is 1.18 bits per heavy atom. The molecule has 34 heavy (non-hydrogen) atoms. The lowest BCUT2D eigenvalue weighted by Crippen LogP contribution is -2.38. The summed E-state index contributed by atoms with van der Waals surface area (Å²) in [7, 11) is 0. The van der Waals surface area contributed by atoms with Gasteiger partial charge in [0.15, 0.2) is 12.4 Å². The number of anilines is 1. The molecule has 2 amide bonds. The summed E-state index contributed by atoms with van der Waals surface area (Å²) < 4.78 is 11.5. The average molecular weight is 470 g/mol. The van der Waals surface area contributed by atoms with Crippen LogP contribution in [0.5, 0.6) is 5.75 Å². The summed E-state index contributed by atoms with van der Waals surface area (Å²) in [6.07, 6.45) is 1.94. The highest BCUT2D eigenvalue weighted by Gasteiger charge is 2.28. The van der Waals surface area contributed by atoms with Crippen molar-refractivity contribution >= 4 is 17.5 Å². The van der Waals surface area contributed by atoms with Crippen LogP contribution < -0.4 is 15.0 Å². The number of rotatable bonds is 10. The van der Waals surface area contributed by atoms with Gasteiger partial charge in [-0.3, -0.25) is 14.5 Å². The molecule has 0 aliphatic carbocycles. The molecule has 3 rings (SSSR count). The summed E-state index contributed by atoms with van der Waals surface area (Å²) in [6, 6.07) is 9.44. The number of fused-ring (bicyclic) bond motifs is 1. The average Bonchev–Trinajstić information content (AvgIpc) is 3.26. The van der Waals surface area contributed by atoms with E-state index >= 15 is 0 Å². The number of nitrogens with one attached hydrogen (secondary N) is 1. The van der Waals surface area contributed by atoms with Crippen LogP contribution in [0.2, 0.25) is 0 Å². The molecule has 1 aliphatic heterocycles. The van der Waals surface area contributed by atoms with Crippen molar-refractivity contribution in [2.45, 2.75) is 72.4 Å². The highest BCUT2D eigenvalue weighted by molar-refractivity contribution is 5.98. The number of hydrogen-bond donors (Lipinski definition) is 1. The molecular formula is C27H39N3O4. The molecule has 1 aliphatic rings. The summed E-state index contributed by atoms with van der Waals surface area (Å²) in [5.41, 5.74) is 1.79. The molecule has 0 radical (unpaired) electrons. The van der Waals surface area contributed by atoms with E-state index in [9.17, 15) is 9.59 Å². The van der Waals surface area contributed by atoms with Crippen molar-refractivity contribution in [2.24, 2.45) is 0 Å². The molecule has 1 unspecified atom stereocenters. The molecule has 2 heterocycles. The van der Waals surface area contributed by atoms with Gasteiger partial charge in [0.2, 0.25) is 0 Å². The van der Waals surface area contributed by atoms with E-state index in [1.165, 1.54) is 0 Å². The van der Waals surface area contributed by atoms with Gasteiger partial charge in [-0.15, -0.1) is 0 Å². The molecule has 0 fully saturated rings. The quantitative estimate of drug-likeness (QED) is 0.544. The maximum absolute atomic E-state index is 12.7. The van der Waals surface area contributed by atoms with Crippen molar-refractivity contribution in [1.82, 2.24) is 10.2 Å². The Morgan fingerprint density at radius 2 is 1.91 bits per heavy atom. The van der Waals surface area contributed by atoms with Crippen molar-refractivity contribution in [1.29, 1.82) is 0 Å². The zero-order chi connectivity index (χ0) is 24.9. The summed E-state index contributed by atoms with van der Waals surface area (Å²) in [4.78, 5) is 29.4. The van der Waals surface area contributed by atoms with E-state index in [0.29, 0.717) is 11.5 Å². The van der Waals surface area contributed by atoms with Crippen LogP contribution in [0.25, 0.3) is 0 Å². The molecule has 2 aromatic rings. The summed E-state index contributed by atoms with van der Waals surface area (Å²) in [6.45, 7) is 16.1. The third-order valence-corrected chi connectivity index (χ3v) is 6.35. The fraction of sp³-hybridized carbons (Fsp3) is 0.556. The first-order chi connectivity index (χ1) is 16.1. The Morgan fingerprint density at radius 3 is 2.59 bits per heavy atom. The molecule has 0 saturated heterocycles. The van der Waals surface area contributed by atoms with Crippen LogP contribution in [0, 0.1) is 0 Å². The molecule has 7 heteroatoms. The number of carbonyl (C=O) groups is 2. The molecule has 1 N–H and O–H groups in total. The number of ether oxygens (including phenoxy) is 1. The Balaban J connectivity index is 1.63. The topological polar surface area (TPSA) is 75.0 Å². The second-order valence-corrected chi connectivity index (χ2v) is 10.0. The minimum absolute atomic E-state index is 0.0130. The second-order valence-electron chi connectivity index (χ2n) is 10.0. The van der Waals surface area contributed by atoms with Crippen LogP contribution in [0.3, 0.4) is 0 Å². The van der Waals surface area contributed by atoms with Crippen LogP contribution in [-0.4, -0.2) is 49.0 Å². The van der Waals surface area contributed by atoms with Gasteiger partial charge < -0.3 is 19.4 Å². The third-order valence-electron chi connectivity index (χ3n) is 6.35. The van der Waals surface area contributed by atoms with Crippen molar-refractivity contribution in [3.8, 4) is 5.75 Å². The number of hydrogen-bond acceptors (Lipinski definition) is 5. The first-order valence-electron chi connectivity index (χ1n) is 12.3. The smallest absolute Gasteiger partial charge is 0.287 e. The Bertz CT molecular complexity index is 988. The molecule has 186 valence electrons. The monoisotopic (exact) mass is 469 g/mol. The maximum atomic E-state index is 12.7. The minimum Gasteiger partial charge on any atom is -0.482 e. The third kappa shape index (κ3) is 6.41. The summed E-state index contributed by atoms with van der Waals surface area (Å²) >= 11 is 0. The SMILES string of the molecule is CCN(CC)CCCC(C)NC(=O)c1ccc(CN2C(=O)COc3ccc(C(C)(C)C)cc32)o1. The lowest BCUT2D eigenvalue weighted by molar-refractivity contribution is -0.121. The van der Waals surface area contributed by atoms with Crippen molar-refractivity contribution in [3.05, 3.63) is 47.4 Å². The first kappa shape index (κ1) is 25.8. The van der Waals surface area contributed by atoms with E-state index in [0.717, 1.165) is 43.7 Å². The van der Waals surface area contributed by atoms with Crippen LogP contribution in [0.4, 0.5) is 5.69 Å². The van der Waals surface area contributed by atoms with E-state index in [4.69, 9.17) is 9.15 Å². The number of carbonyl (C=O) groups excluding carboxylic acids is 2. The van der Waals surface area contributed by atoms with Gasteiger partial charge in [0.05, 0.1) is 12.2 Å². The van der Waals surface area contributed by atoms with E-state index in [-0.39, 0.29) is 42.2 Å². The van der Waals surface area contributed by atoms with Gasteiger partial charge in [-0.05, 0) is 74.6 Å². The van der Waals surface area contributed by atoms with Crippen LogP contribution in [0.15, 0.2) is 34.7 Å². The van der Waals surface area contributed by atoms with Crippen LogP contribution >= 0.6 is 0 Å². The number of benzene rings is 1. The Hall–Kier alpha value is -2.80. The molecule has 0 saturated carbocycles. The molecular weight excluding hydrogens is 430 g/mol. The number of nitrogens with zero attached hydrogens (tertiary/aromatic N) is 2. The van der Waals surface area contributed by atoms with Crippen molar-refractivity contribution < 1.29 is 18.7 Å². The van der Waals surface area contributed by atoms with Gasteiger partial charge in [0.25, 0.3) is 11.8 Å². The fourth-order valence-electron chi connectivity index (χ4n) is 4.11. The predicted octanol–water partition coefficient (Wildman–Crippen LogP) is 4.74. The van der Waals surface area contributed by atoms with Crippen molar-refractivity contribution in [3.63, 3.8) is 0 Å². The molecule has 1 aromatic carbocycles. The largest absolute Gasteiger partial charge is 0.482 e. The van der Waals surface area contributed by atoms with Gasteiger partial charge in [-0.25, -0.2) is 0 Å². The standard InChI is InChI=1S/C27H39N3O4/c1-7-29(8-2)15-9-10-19(3)28-26(32)24-14-12-21(34-24)17-30-22-16-20(27(4,5)6)11-13-23(22)33-18-25(30)31/h11-14,16,19H,7-10,15,17-18H2,1-6H3,(H,28,32). The summed E-state index contributed by atoms with van der Waals surface area (Å²) in [5.74, 6) is 1.13. The Labute approximate surface area is 203 Å². The molecule has 0 bridgehead atoms. The van der Waals surface area contributed by atoms with Crippen LogP contribution in [0.1, 0.15) is 76.3 Å². The first-order valence-corrected chi connectivity index (χ1v) is 12.3. The van der Waals surface area contributed by atoms with E-state index in [2.05, 4.69) is 44.8 Å². The van der Waals surface area contributed by atoms with Crippen LogP contribution in [-0.2, 0) is 16.8 Å². The van der Waals surface area contributed by atoms with E-state index < -0.39 is 0 Å². The molecule has 7 nitrogen and oxygen atoms in total. The normalized spacial score (nSPS) is 14.7.